The molecule has 2 aromatic carbocycles. The van der Waals surface area contributed by atoms with E-state index < -0.39 is 11.7 Å². The predicted octanol–water partition coefficient (Wildman–Crippen LogP) is 2.27. The van der Waals surface area contributed by atoms with Crippen LogP contribution in [-0.2, 0) is 4.79 Å². The molecule has 0 fully saturated rings. The lowest BCUT2D eigenvalue weighted by molar-refractivity contribution is -0.123. The van der Waals surface area contributed by atoms with Crippen molar-refractivity contribution in [3.63, 3.8) is 0 Å². The van der Waals surface area contributed by atoms with Crippen LogP contribution in [0.25, 0.3) is 0 Å². The summed E-state index contributed by atoms with van der Waals surface area (Å²) < 4.78 is 28.5. The number of nitrogens with one attached hydrogen (secondary N) is 1. The van der Waals surface area contributed by atoms with Gasteiger partial charge in [0.1, 0.15) is 17.6 Å². The number of methoxy groups -OCH3 is 1. The van der Waals surface area contributed by atoms with Crippen LogP contribution in [0.5, 0.6) is 17.2 Å². The second kappa shape index (κ2) is 9.64. The highest BCUT2D eigenvalue weighted by Crippen LogP contribution is 2.27. The molecule has 0 spiro atoms. The van der Waals surface area contributed by atoms with E-state index in [4.69, 9.17) is 19.5 Å². The molecule has 1 amide bonds. The van der Waals surface area contributed by atoms with Crippen molar-refractivity contribution >= 4 is 12.1 Å². The number of hydrogen-bond donors (Lipinski definition) is 1. The highest BCUT2D eigenvalue weighted by Gasteiger charge is 2.05. The van der Waals surface area contributed by atoms with E-state index in [0.717, 1.165) is 0 Å². The van der Waals surface area contributed by atoms with Gasteiger partial charge in [-0.15, -0.1) is 0 Å². The standard InChI is InChI=1S/C18H16FN3O4/c1-24-17-9-13(5-6-16(17)25-8-7-20)11-21-22-18(23)12-26-15-4-2-3-14(19)10-15/h2-6,9-11H,8,12H2,1H3,(H,22,23)/b21-11-. The molecule has 134 valence electrons. The van der Waals surface area contributed by atoms with Crippen molar-refractivity contribution in [2.75, 3.05) is 20.3 Å². The Balaban J connectivity index is 1.87. The van der Waals surface area contributed by atoms with Crippen molar-refractivity contribution in [1.29, 1.82) is 5.26 Å². The lowest BCUT2D eigenvalue weighted by Crippen LogP contribution is -2.24. The van der Waals surface area contributed by atoms with Crippen LogP contribution in [0.1, 0.15) is 5.56 Å². The fraction of sp³-hybridized carbons (Fsp3) is 0.167. The maximum absolute atomic E-state index is 13.0. The Labute approximate surface area is 149 Å². The average molecular weight is 357 g/mol. The monoisotopic (exact) mass is 357 g/mol. The van der Waals surface area contributed by atoms with E-state index in [-0.39, 0.29) is 19.0 Å². The molecule has 2 aromatic rings. The van der Waals surface area contributed by atoms with E-state index >= 15 is 0 Å². The molecular formula is C18H16FN3O4. The molecule has 1 N–H and O–H groups in total. The number of nitrogens with zero attached hydrogens (tertiary/aromatic N) is 2. The largest absolute Gasteiger partial charge is 0.493 e. The molecular weight excluding hydrogens is 341 g/mol. The van der Waals surface area contributed by atoms with E-state index in [0.29, 0.717) is 17.1 Å². The minimum atomic E-state index is -0.494. The topological polar surface area (TPSA) is 92.9 Å². The summed E-state index contributed by atoms with van der Waals surface area (Å²) in [5, 5.41) is 12.3. The van der Waals surface area contributed by atoms with Gasteiger partial charge in [0, 0.05) is 6.07 Å². The zero-order valence-electron chi connectivity index (χ0n) is 13.9. The first-order valence-electron chi connectivity index (χ1n) is 7.50. The SMILES string of the molecule is COc1cc(/C=N\NC(=O)COc2cccc(F)c2)ccc1OCC#N. The molecule has 0 aliphatic heterocycles. The zero-order valence-corrected chi connectivity index (χ0v) is 13.9. The minimum absolute atomic E-state index is 0.0921. The lowest BCUT2D eigenvalue weighted by Gasteiger charge is -2.08. The van der Waals surface area contributed by atoms with Crippen molar-refractivity contribution < 1.29 is 23.4 Å². The molecule has 26 heavy (non-hydrogen) atoms. The zero-order chi connectivity index (χ0) is 18.8. The van der Waals surface area contributed by atoms with E-state index in [2.05, 4.69) is 10.5 Å². The third-order valence-corrected chi connectivity index (χ3v) is 3.05. The van der Waals surface area contributed by atoms with Gasteiger partial charge < -0.3 is 14.2 Å². The normalized spacial score (nSPS) is 10.2. The highest BCUT2D eigenvalue weighted by atomic mass is 19.1. The molecule has 0 aliphatic rings. The van der Waals surface area contributed by atoms with Gasteiger partial charge in [-0.3, -0.25) is 4.79 Å². The van der Waals surface area contributed by atoms with Gasteiger partial charge in [-0.05, 0) is 35.9 Å². The number of hydrazone groups is 1. The van der Waals surface area contributed by atoms with Crippen LogP contribution in [0.2, 0.25) is 0 Å². The summed E-state index contributed by atoms with van der Waals surface area (Å²) in [7, 11) is 1.47. The van der Waals surface area contributed by atoms with Crippen LogP contribution in [-0.4, -0.2) is 32.4 Å². The molecule has 0 aliphatic carbocycles. The Morgan fingerprint density at radius 1 is 1.27 bits per heavy atom. The second-order valence-corrected chi connectivity index (χ2v) is 4.90. The van der Waals surface area contributed by atoms with Crippen molar-refractivity contribution in [1.82, 2.24) is 5.43 Å². The number of hydrogen-bond acceptors (Lipinski definition) is 6. The maximum Gasteiger partial charge on any atom is 0.277 e. The summed E-state index contributed by atoms with van der Waals surface area (Å²) >= 11 is 0. The molecule has 0 aromatic heterocycles. The summed E-state index contributed by atoms with van der Waals surface area (Å²) in [6.45, 7) is -0.393. The smallest absolute Gasteiger partial charge is 0.277 e. The van der Waals surface area contributed by atoms with E-state index in [9.17, 15) is 9.18 Å². The first-order chi connectivity index (χ1) is 12.6. The Morgan fingerprint density at radius 3 is 2.85 bits per heavy atom. The second-order valence-electron chi connectivity index (χ2n) is 4.90. The Morgan fingerprint density at radius 2 is 2.12 bits per heavy atom. The van der Waals surface area contributed by atoms with Gasteiger partial charge in [-0.2, -0.15) is 10.4 Å². The lowest BCUT2D eigenvalue weighted by atomic mass is 10.2. The molecule has 0 unspecified atom stereocenters. The number of nitriles is 1. The van der Waals surface area contributed by atoms with Gasteiger partial charge in [0.2, 0.25) is 0 Å². The summed E-state index contributed by atoms with van der Waals surface area (Å²) in [5.41, 5.74) is 2.95. The predicted molar refractivity (Wildman–Crippen MR) is 91.7 cm³/mol. The van der Waals surface area contributed by atoms with Gasteiger partial charge >= 0.3 is 0 Å². The van der Waals surface area contributed by atoms with Gasteiger partial charge in [0.25, 0.3) is 5.91 Å². The third-order valence-electron chi connectivity index (χ3n) is 3.05. The van der Waals surface area contributed by atoms with Crippen molar-refractivity contribution in [2.45, 2.75) is 0 Å². The average Bonchev–Trinajstić information content (AvgIpc) is 2.65. The number of benzene rings is 2. The quantitative estimate of drug-likeness (QED) is 0.578. The third kappa shape index (κ3) is 5.79. The number of ether oxygens (including phenoxy) is 3. The summed E-state index contributed by atoms with van der Waals surface area (Å²) in [5.74, 6) is 0.175. The number of rotatable bonds is 8. The van der Waals surface area contributed by atoms with E-state index in [1.54, 1.807) is 24.3 Å². The van der Waals surface area contributed by atoms with Crippen molar-refractivity contribution in [3.8, 4) is 23.3 Å². The fourth-order valence-corrected chi connectivity index (χ4v) is 1.91. The number of carbonyl (C=O) groups excluding carboxylic acids is 1. The first-order valence-corrected chi connectivity index (χ1v) is 7.50. The van der Waals surface area contributed by atoms with Gasteiger partial charge in [0.15, 0.2) is 24.7 Å². The number of halogens is 1. The summed E-state index contributed by atoms with van der Waals surface area (Å²) in [6.07, 6.45) is 1.41. The highest BCUT2D eigenvalue weighted by molar-refractivity contribution is 5.83. The van der Waals surface area contributed by atoms with Crippen LogP contribution in [0, 0.1) is 17.1 Å². The molecule has 7 nitrogen and oxygen atoms in total. The first kappa shape index (κ1) is 18.7. The molecule has 0 atom stereocenters. The van der Waals surface area contributed by atoms with E-state index in [1.807, 2.05) is 6.07 Å². The van der Waals surface area contributed by atoms with Crippen LogP contribution in [0.3, 0.4) is 0 Å². The molecule has 0 saturated carbocycles. The number of carbonyl (C=O) groups is 1. The fourth-order valence-electron chi connectivity index (χ4n) is 1.91. The van der Waals surface area contributed by atoms with Crippen LogP contribution in [0.4, 0.5) is 4.39 Å². The van der Waals surface area contributed by atoms with Crippen molar-refractivity contribution in [2.24, 2.45) is 5.10 Å². The van der Waals surface area contributed by atoms with Gasteiger partial charge in [-0.1, -0.05) is 6.07 Å². The molecule has 8 heteroatoms. The van der Waals surface area contributed by atoms with Crippen LogP contribution < -0.4 is 19.6 Å². The molecule has 0 bridgehead atoms. The van der Waals surface area contributed by atoms with Crippen molar-refractivity contribution in [3.05, 3.63) is 53.8 Å². The Kier molecular flexibility index (Phi) is 6.94. The Hall–Kier alpha value is -3.60. The van der Waals surface area contributed by atoms with Crippen LogP contribution >= 0.6 is 0 Å². The molecule has 0 heterocycles. The molecule has 0 saturated heterocycles. The summed E-state index contributed by atoms with van der Waals surface area (Å²) in [6, 6.07) is 12.3. The van der Waals surface area contributed by atoms with Gasteiger partial charge in [-0.25, -0.2) is 9.82 Å². The maximum atomic E-state index is 13.0. The van der Waals surface area contributed by atoms with Crippen LogP contribution in [0.15, 0.2) is 47.6 Å². The summed E-state index contributed by atoms with van der Waals surface area (Å²) in [4.78, 5) is 11.7. The Bertz CT molecular complexity index is 833. The van der Waals surface area contributed by atoms with Gasteiger partial charge in [0.05, 0.1) is 13.3 Å². The van der Waals surface area contributed by atoms with E-state index in [1.165, 1.54) is 31.5 Å². The number of amides is 1. The molecule has 2 rings (SSSR count). The minimum Gasteiger partial charge on any atom is -0.493 e. The molecule has 0 radical (unpaired) electrons.